The summed E-state index contributed by atoms with van der Waals surface area (Å²) in [6.45, 7) is 1.42. The van der Waals surface area contributed by atoms with Crippen LogP contribution < -0.4 is 5.32 Å². The van der Waals surface area contributed by atoms with Gasteiger partial charge in [0, 0.05) is 18.5 Å². The summed E-state index contributed by atoms with van der Waals surface area (Å²) in [6.07, 6.45) is 4.74. The van der Waals surface area contributed by atoms with Gasteiger partial charge < -0.3 is 10.1 Å². The molecule has 0 bridgehead atoms. The molecule has 144 valence electrons. The SMILES string of the molecule is CC(=O)OC1CCC(CC(C(=O)Nc2nccs2)c2ccc(Cl)c(Cl)c2)C1. The number of ether oxygens (including phenoxy) is 1. The van der Waals surface area contributed by atoms with E-state index in [2.05, 4.69) is 10.3 Å². The largest absolute Gasteiger partial charge is 0.463 e. The maximum atomic E-state index is 12.9. The van der Waals surface area contributed by atoms with Gasteiger partial charge >= 0.3 is 5.97 Å². The molecular formula is C19H20Cl2N2O3S. The highest BCUT2D eigenvalue weighted by Gasteiger charge is 2.32. The van der Waals surface area contributed by atoms with E-state index in [4.69, 9.17) is 27.9 Å². The van der Waals surface area contributed by atoms with Crippen LogP contribution in [-0.4, -0.2) is 23.0 Å². The first-order valence-electron chi connectivity index (χ1n) is 8.75. The molecule has 27 heavy (non-hydrogen) atoms. The molecule has 1 amide bonds. The third-order valence-corrected chi connectivity index (χ3v) is 6.15. The summed E-state index contributed by atoms with van der Waals surface area (Å²) in [5, 5.41) is 6.13. The Hall–Kier alpha value is -1.63. The van der Waals surface area contributed by atoms with Crippen molar-refractivity contribution in [1.82, 2.24) is 4.98 Å². The van der Waals surface area contributed by atoms with Gasteiger partial charge in [-0.1, -0.05) is 29.3 Å². The summed E-state index contributed by atoms with van der Waals surface area (Å²) in [6, 6.07) is 5.28. The second kappa shape index (κ2) is 9.04. The van der Waals surface area contributed by atoms with Crippen LogP contribution in [0.4, 0.5) is 5.13 Å². The normalized spacial score (nSPS) is 20.3. The zero-order valence-electron chi connectivity index (χ0n) is 14.8. The van der Waals surface area contributed by atoms with Gasteiger partial charge in [0.25, 0.3) is 0 Å². The zero-order chi connectivity index (χ0) is 19.4. The van der Waals surface area contributed by atoms with Gasteiger partial charge in [0.1, 0.15) is 6.10 Å². The van der Waals surface area contributed by atoms with E-state index >= 15 is 0 Å². The van der Waals surface area contributed by atoms with E-state index in [1.807, 2.05) is 11.4 Å². The minimum Gasteiger partial charge on any atom is -0.463 e. The number of hydrogen-bond donors (Lipinski definition) is 1. The summed E-state index contributed by atoms with van der Waals surface area (Å²) in [4.78, 5) is 28.3. The number of thiazole rings is 1. The number of halogens is 2. The number of benzene rings is 1. The molecule has 1 fully saturated rings. The third kappa shape index (κ3) is 5.43. The topological polar surface area (TPSA) is 68.3 Å². The molecule has 0 aliphatic heterocycles. The van der Waals surface area contributed by atoms with Crippen molar-refractivity contribution in [3.05, 3.63) is 45.4 Å². The van der Waals surface area contributed by atoms with Crippen LogP contribution in [-0.2, 0) is 14.3 Å². The smallest absolute Gasteiger partial charge is 0.302 e. The molecule has 1 aromatic carbocycles. The average Bonchev–Trinajstić information content (AvgIpc) is 3.27. The van der Waals surface area contributed by atoms with Gasteiger partial charge in [-0.15, -0.1) is 11.3 Å². The molecule has 1 heterocycles. The fourth-order valence-electron chi connectivity index (χ4n) is 3.52. The molecule has 3 atom stereocenters. The number of anilines is 1. The van der Waals surface area contributed by atoms with Gasteiger partial charge in [0.15, 0.2) is 5.13 Å². The van der Waals surface area contributed by atoms with Crippen molar-refractivity contribution in [3.8, 4) is 0 Å². The van der Waals surface area contributed by atoms with Crippen molar-refractivity contribution in [3.63, 3.8) is 0 Å². The lowest BCUT2D eigenvalue weighted by Gasteiger charge is -2.21. The van der Waals surface area contributed by atoms with Gasteiger partial charge in [-0.3, -0.25) is 9.59 Å². The van der Waals surface area contributed by atoms with Crippen LogP contribution in [0.25, 0.3) is 0 Å². The third-order valence-electron chi connectivity index (χ3n) is 4.72. The van der Waals surface area contributed by atoms with Crippen molar-refractivity contribution in [2.45, 2.75) is 44.6 Å². The molecule has 2 aromatic rings. The van der Waals surface area contributed by atoms with Gasteiger partial charge in [0.2, 0.25) is 5.91 Å². The fourth-order valence-corrected chi connectivity index (χ4v) is 4.36. The van der Waals surface area contributed by atoms with E-state index in [1.165, 1.54) is 18.3 Å². The first-order valence-corrected chi connectivity index (χ1v) is 10.4. The monoisotopic (exact) mass is 426 g/mol. The van der Waals surface area contributed by atoms with Crippen LogP contribution in [0, 0.1) is 5.92 Å². The van der Waals surface area contributed by atoms with E-state index in [-0.39, 0.29) is 29.8 Å². The summed E-state index contributed by atoms with van der Waals surface area (Å²) in [7, 11) is 0. The quantitative estimate of drug-likeness (QED) is 0.636. The van der Waals surface area contributed by atoms with E-state index in [9.17, 15) is 9.59 Å². The van der Waals surface area contributed by atoms with E-state index in [1.54, 1.807) is 18.3 Å². The number of hydrogen-bond acceptors (Lipinski definition) is 5. The first kappa shape index (κ1) is 20.1. The second-order valence-corrected chi connectivity index (χ2v) is 8.41. The Bertz CT molecular complexity index is 813. The maximum absolute atomic E-state index is 12.9. The molecule has 3 rings (SSSR count). The molecule has 8 heteroatoms. The van der Waals surface area contributed by atoms with Gasteiger partial charge in [-0.25, -0.2) is 4.98 Å². The number of aromatic nitrogens is 1. The summed E-state index contributed by atoms with van der Waals surface area (Å²) in [5.74, 6) is -0.483. The predicted molar refractivity (Wildman–Crippen MR) is 107 cm³/mol. The van der Waals surface area contributed by atoms with Crippen LogP contribution in [0.3, 0.4) is 0 Å². The number of esters is 1. The van der Waals surface area contributed by atoms with Gasteiger partial charge in [0.05, 0.1) is 16.0 Å². The number of nitrogens with zero attached hydrogens (tertiary/aromatic N) is 1. The Morgan fingerprint density at radius 1 is 1.33 bits per heavy atom. The maximum Gasteiger partial charge on any atom is 0.302 e. The number of rotatable bonds is 6. The highest BCUT2D eigenvalue weighted by molar-refractivity contribution is 7.13. The molecule has 5 nitrogen and oxygen atoms in total. The van der Waals surface area contributed by atoms with Crippen molar-refractivity contribution in [1.29, 1.82) is 0 Å². The molecule has 1 aliphatic carbocycles. The number of carbonyl (C=O) groups excluding carboxylic acids is 2. The molecule has 1 aromatic heterocycles. The molecular weight excluding hydrogens is 407 g/mol. The minimum absolute atomic E-state index is 0.0658. The van der Waals surface area contributed by atoms with E-state index < -0.39 is 0 Å². The molecule has 1 saturated carbocycles. The first-order chi connectivity index (χ1) is 12.9. The molecule has 3 unspecified atom stereocenters. The van der Waals surface area contributed by atoms with Crippen molar-refractivity contribution < 1.29 is 14.3 Å². The average molecular weight is 427 g/mol. The van der Waals surface area contributed by atoms with E-state index in [0.29, 0.717) is 21.6 Å². The Morgan fingerprint density at radius 2 is 2.15 bits per heavy atom. The molecule has 0 saturated heterocycles. The van der Waals surface area contributed by atoms with Crippen LogP contribution >= 0.6 is 34.5 Å². The molecule has 1 aliphatic rings. The predicted octanol–water partition coefficient (Wildman–Crippen LogP) is 5.29. The zero-order valence-corrected chi connectivity index (χ0v) is 17.1. The highest BCUT2D eigenvalue weighted by Crippen LogP contribution is 2.37. The summed E-state index contributed by atoms with van der Waals surface area (Å²) in [5.41, 5.74) is 0.814. The lowest BCUT2D eigenvalue weighted by Crippen LogP contribution is -2.23. The fraction of sp³-hybridized carbons (Fsp3) is 0.421. The Kier molecular flexibility index (Phi) is 6.73. The van der Waals surface area contributed by atoms with Crippen molar-refractivity contribution >= 4 is 51.5 Å². The van der Waals surface area contributed by atoms with E-state index in [0.717, 1.165) is 24.8 Å². The molecule has 0 radical (unpaired) electrons. The Morgan fingerprint density at radius 3 is 2.81 bits per heavy atom. The highest BCUT2D eigenvalue weighted by atomic mass is 35.5. The lowest BCUT2D eigenvalue weighted by atomic mass is 9.87. The van der Waals surface area contributed by atoms with Crippen LogP contribution in [0.15, 0.2) is 29.8 Å². The minimum atomic E-state index is -0.384. The standard InChI is InChI=1S/C19H20Cl2N2O3S/c1-11(24)26-14-4-2-12(8-14)9-15(13-3-5-16(20)17(21)10-13)18(25)23-19-22-6-7-27-19/h3,5-7,10,12,14-15H,2,4,8-9H2,1H3,(H,22,23,25). The lowest BCUT2D eigenvalue weighted by molar-refractivity contribution is -0.146. The molecule has 0 spiro atoms. The van der Waals surface area contributed by atoms with Crippen molar-refractivity contribution in [2.24, 2.45) is 5.92 Å². The number of nitrogens with one attached hydrogen (secondary N) is 1. The number of carbonyl (C=O) groups is 2. The summed E-state index contributed by atoms with van der Waals surface area (Å²) >= 11 is 13.6. The van der Waals surface area contributed by atoms with Gasteiger partial charge in [-0.05, 0) is 49.3 Å². The Balaban J connectivity index is 1.76. The van der Waals surface area contributed by atoms with Crippen LogP contribution in [0.5, 0.6) is 0 Å². The number of amides is 1. The molecule has 1 N–H and O–H groups in total. The second-order valence-electron chi connectivity index (χ2n) is 6.70. The van der Waals surface area contributed by atoms with Crippen LogP contribution in [0.2, 0.25) is 10.0 Å². The Labute approximate surface area is 172 Å². The van der Waals surface area contributed by atoms with Crippen LogP contribution in [0.1, 0.15) is 44.1 Å². The van der Waals surface area contributed by atoms with Crippen molar-refractivity contribution in [2.75, 3.05) is 5.32 Å². The summed E-state index contributed by atoms with van der Waals surface area (Å²) < 4.78 is 5.32. The van der Waals surface area contributed by atoms with Gasteiger partial charge in [-0.2, -0.15) is 0 Å².